The van der Waals surface area contributed by atoms with Crippen LogP contribution in [0.3, 0.4) is 0 Å². The number of rotatable bonds is 5. The smallest absolute Gasteiger partial charge is 0.268 e. The fraction of sp³-hybridized carbons (Fsp3) is 0.706. The first-order chi connectivity index (χ1) is 10.0. The van der Waals surface area contributed by atoms with Crippen molar-refractivity contribution in [3.05, 3.63) is 18.0 Å². The molecule has 0 radical (unpaired) electrons. The Morgan fingerprint density at radius 2 is 1.95 bits per heavy atom. The molecule has 0 atom stereocenters. The van der Waals surface area contributed by atoms with E-state index in [1.54, 1.807) is 6.07 Å². The molecule has 0 aliphatic heterocycles. The van der Waals surface area contributed by atoms with Crippen molar-refractivity contribution in [2.45, 2.75) is 58.9 Å². The third-order valence-corrected chi connectivity index (χ3v) is 4.75. The highest BCUT2D eigenvalue weighted by Crippen LogP contribution is 2.30. The molecule has 21 heavy (non-hydrogen) atoms. The fourth-order valence-corrected chi connectivity index (χ4v) is 3.28. The van der Waals surface area contributed by atoms with E-state index in [1.807, 2.05) is 10.8 Å². The van der Waals surface area contributed by atoms with Gasteiger partial charge in [0, 0.05) is 18.8 Å². The molecule has 0 spiro atoms. The van der Waals surface area contributed by atoms with Gasteiger partial charge in [0.15, 0.2) is 0 Å². The number of nitrogens with two attached hydrogens (primary N) is 1. The number of hydrogen-bond donors (Lipinski definition) is 2. The Morgan fingerprint density at radius 3 is 2.52 bits per heavy atom. The number of hydrogen-bond acceptors (Lipinski definition) is 2. The van der Waals surface area contributed by atoms with Crippen LogP contribution in [0.2, 0.25) is 0 Å². The van der Waals surface area contributed by atoms with Crippen molar-refractivity contribution in [1.29, 1.82) is 0 Å². The summed E-state index contributed by atoms with van der Waals surface area (Å²) < 4.78 is 1.94. The largest absolute Gasteiger partial charge is 0.397 e. The lowest BCUT2D eigenvalue weighted by Gasteiger charge is -2.27. The third kappa shape index (κ3) is 4.02. The zero-order chi connectivity index (χ0) is 15.4. The molecule has 1 heterocycles. The van der Waals surface area contributed by atoms with E-state index in [0.717, 1.165) is 12.5 Å². The third-order valence-electron chi connectivity index (χ3n) is 4.75. The van der Waals surface area contributed by atoms with Crippen LogP contribution in [-0.2, 0) is 0 Å². The van der Waals surface area contributed by atoms with Gasteiger partial charge in [-0.2, -0.15) is 0 Å². The summed E-state index contributed by atoms with van der Waals surface area (Å²) in [5, 5.41) is 3.09. The van der Waals surface area contributed by atoms with E-state index in [2.05, 4.69) is 26.1 Å². The SMILES string of the molecule is CCC1CCC(CNC(=O)c2cc(N)cn2C(C)C)CC1. The average Bonchev–Trinajstić information content (AvgIpc) is 2.87. The molecular formula is C17H29N3O. The summed E-state index contributed by atoms with van der Waals surface area (Å²) in [6, 6.07) is 2.01. The summed E-state index contributed by atoms with van der Waals surface area (Å²) in [6.45, 7) is 7.18. The highest BCUT2D eigenvalue weighted by Gasteiger charge is 2.21. The van der Waals surface area contributed by atoms with Crippen LogP contribution in [0.5, 0.6) is 0 Å². The fourth-order valence-electron chi connectivity index (χ4n) is 3.28. The number of anilines is 1. The number of nitrogen functional groups attached to an aromatic ring is 1. The molecule has 4 nitrogen and oxygen atoms in total. The Bertz CT molecular complexity index is 470. The zero-order valence-corrected chi connectivity index (χ0v) is 13.6. The van der Waals surface area contributed by atoms with Crippen molar-refractivity contribution in [2.24, 2.45) is 11.8 Å². The summed E-state index contributed by atoms with van der Waals surface area (Å²) in [5.74, 6) is 1.53. The Morgan fingerprint density at radius 1 is 1.33 bits per heavy atom. The molecule has 118 valence electrons. The van der Waals surface area contributed by atoms with E-state index in [9.17, 15) is 4.79 Å². The second-order valence-corrected chi connectivity index (χ2v) is 6.66. The van der Waals surface area contributed by atoms with Crippen LogP contribution < -0.4 is 11.1 Å². The summed E-state index contributed by atoms with van der Waals surface area (Å²) in [5.41, 5.74) is 7.15. The van der Waals surface area contributed by atoms with Gasteiger partial charge in [-0.3, -0.25) is 4.79 Å². The molecule has 0 aromatic carbocycles. The van der Waals surface area contributed by atoms with Crippen molar-refractivity contribution < 1.29 is 4.79 Å². The predicted molar refractivity (Wildman–Crippen MR) is 87.3 cm³/mol. The Balaban J connectivity index is 1.88. The minimum Gasteiger partial charge on any atom is -0.397 e. The summed E-state index contributed by atoms with van der Waals surface area (Å²) in [7, 11) is 0. The van der Waals surface area contributed by atoms with Crippen LogP contribution in [0.15, 0.2) is 12.3 Å². The molecule has 1 aliphatic rings. The van der Waals surface area contributed by atoms with Crippen molar-refractivity contribution in [2.75, 3.05) is 12.3 Å². The second-order valence-electron chi connectivity index (χ2n) is 6.66. The van der Waals surface area contributed by atoms with Crippen LogP contribution in [0.25, 0.3) is 0 Å². The van der Waals surface area contributed by atoms with Gasteiger partial charge in [-0.15, -0.1) is 0 Å². The van der Waals surface area contributed by atoms with Gasteiger partial charge in [0.25, 0.3) is 5.91 Å². The first-order valence-electron chi connectivity index (χ1n) is 8.26. The molecule has 1 aromatic rings. The van der Waals surface area contributed by atoms with Gasteiger partial charge in [-0.05, 0) is 44.6 Å². The minimum atomic E-state index is -0.00184. The van der Waals surface area contributed by atoms with Gasteiger partial charge in [0.2, 0.25) is 0 Å². The maximum absolute atomic E-state index is 12.4. The molecule has 1 fully saturated rings. The van der Waals surface area contributed by atoms with Crippen molar-refractivity contribution in [1.82, 2.24) is 9.88 Å². The molecular weight excluding hydrogens is 262 g/mol. The number of carbonyl (C=O) groups is 1. The molecule has 1 amide bonds. The van der Waals surface area contributed by atoms with Crippen molar-refractivity contribution in [3.63, 3.8) is 0 Å². The predicted octanol–water partition coefficient (Wildman–Crippen LogP) is 3.60. The van der Waals surface area contributed by atoms with E-state index in [1.165, 1.54) is 32.1 Å². The number of carbonyl (C=O) groups excluding carboxylic acids is 1. The van der Waals surface area contributed by atoms with Gasteiger partial charge in [0.05, 0.1) is 5.69 Å². The summed E-state index contributed by atoms with van der Waals surface area (Å²) >= 11 is 0. The van der Waals surface area contributed by atoms with Gasteiger partial charge >= 0.3 is 0 Å². The molecule has 0 unspecified atom stereocenters. The molecule has 1 aromatic heterocycles. The van der Waals surface area contributed by atoms with E-state index in [4.69, 9.17) is 5.73 Å². The number of amides is 1. The maximum Gasteiger partial charge on any atom is 0.268 e. The summed E-state index contributed by atoms with van der Waals surface area (Å²) in [4.78, 5) is 12.4. The maximum atomic E-state index is 12.4. The molecule has 0 bridgehead atoms. The van der Waals surface area contributed by atoms with Gasteiger partial charge in [-0.25, -0.2) is 0 Å². The molecule has 3 N–H and O–H groups in total. The molecule has 0 saturated heterocycles. The van der Waals surface area contributed by atoms with Crippen LogP contribution >= 0.6 is 0 Å². The first-order valence-corrected chi connectivity index (χ1v) is 8.26. The van der Waals surface area contributed by atoms with E-state index >= 15 is 0 Å². The van der Waals surface area contributed by atoms with Gasteiger partial charge in [0.1, 0.15) is 5.69 Å². The Hall–Kier alpha value is -1.45. The monoisotopic (exact) mass is 291 g/mol. The Kier molecular flexibility index (Phi) is 5.32. The normalized spacial score (nSPS) is 22.5. The molecule has 4 heteroatoms. The standard InChI is InChI=1S/C17H29N3O/c1-4-13-5-7-14(8-6-13)10-19-17(21)16-9-15(18)11-20(16)12(2)3/h9,11-14H,4-8,10,18H2,1-3H3,(H,19,21). The molecule has 1 saturated carbocycles. The lowest BCUT2D eigenvalue weighted by atomic mass is 9.81. The number of aromatic nitrogens is 1. The highest BCUT2D eigenvalue weighted by atomic mass is 16.1. The topological polar surface area (TPSA) is 60.1 Å². The minimum absolute atomic E-state index is 0.00184. The van der Waals surface area contributed by atoms with Crippen LogP contribution in [0.4, 0.5) is 5.69 Å². The molecule has 2 rings (SSSR count). The number of nitrogens with zero attached hydrogens (tertiary/aromatic N) is 1. The first kappa shape index (κ1) is 15.9. The highest BCUT2D eigenvalue weighted by molar-refractivity contribution is 5.93. The van der Waals surface area contributed by atoms with Gasteiger partial charge < -0.3 is 15.6 Å². The zero-order valence-electron chi connectivity index (χ0n) is 13.6. The van der Waals surface area contributed by atoms with E-state index < -0.39 is 0 Å². The van der Waals surface area contributed by atoms with Crippen molar-refractivity contribution in [3.8, 4) is 0 Å². The second kappa shape index (κ2) is 7.01. The summed E-state index contributed by atoms with van der Waals surface area (Å²) in [6.07, 6.45) is 8.24. The number of nitrogens with one attached hydrogen (secondary N) is 1. The van der Waals surface area contributed by atoms with Crippen LogP contribution in [0, 0.1) is 11.8 Å². The lowest BCUT2D eigenvalue weighted by Crippen LogP contribution is -2.32. The average molecular weight is 291 g/mol. The van der Waals surface area contributed by atoms with Gasteiger partial charge in [-0.1, -0.05) is 26.2 Å². The van der Waals surface area contributed by atoms with Crippen molar-refractivity contribution >= 4 is 11.6 Å². The van der Waals surface area contributed by atoms with E-state index in [0.29, 0.717) is 17.3 Å². The lowest BCUT2D eigenvalue weighted by molar-refractivity contribution is 0.0930. The van der Waals surface area contributed by atoms with Crippen LogP contribution in [-0.4, -0.2) is 17.0 Å². The molecule has 1 aliphatic carbocycles. The Labute approximate surface area is 128 Å². The van der Waals surface area contributed by atoms with E-state index in [-0.39, 0.29) is 11.9 Å². The quantitative estimate of drug-likeness (QED) is 0.870. The van der Waals surface area contributed by atoms with Crippen LogP contribution in [0.1, 0.15) is 69.4 Å².